The number of ether oxygens (including phenoxy) is 3. The molecule has 0 bridgehead atoms. The lowest BCUT2D eigenvalue weighted by molar-refractivity contribution is -0.132. The Labute approximate surface area is 206 Å². The molecule has 2 aliphatic rings. The van der Waals surface area contributed by atoms with Gasteiger partial charge in [-0.1, -0.05) is 48.5 Å². The first-order valence-electron chi connectivity index (χ1n) is 12.2. The average molecular weight is 473 g/mol. The molecule has 0 radical (unpaired) electrons. The second kappa shape index (κ2) is 10.0. The first-order valence-corrected chi connectivity index (χ1v) is 12.2. The summed E-state index contributed by atoms with van der Waals surface area (Å²) in [4.78, 5) is 15.1. The van der Waals surface area contributed by atoms with E-state index < -0.39 is 0 Å². The summed E-state index contributed by atoms with van der Waals surface area (Å²) in [5, 5.41) is 0. The predicted molar refractivity (Wildman–Crippen MR) is 135 cm³/mol. The molecule has 0 aromatic heterocycles. The fourth-order valence-electron chi connectivity index (χ4n) is 5.10. The Morgan fingerprint density at radius 1 is 0.971 bits per heavy atom. The van der Waals surface area contributed by atoms with Gasteiger partial charge in [0.25, 0.3) is 0 Å². The van der Waals surface area contributed by atoms with E-state index in [2.05, 4.69) is 6.07 Å². The van der Waals surface area contributed by atoms with E-state index in [0.29, 0.717) is 37.7 Å². The van der Waals surface area contributed by atoms with Crippen molar-refractivity contribution in [3.63, 3.8) is 0 Å². The van der Waals surface area contributed by atoms with Gasteiger partial charge in [-0.25, -0.2) is 0 Å². The van der Waals surface area contributed by atoms with Gasteiger partial charge in [-0.2, -0.15) is 0 Å². The van der Waals surface area contributed by atoms with Gasteiger partial charge in [0.2, 0.25) is 5.91 Å². The molecule has 35 heavy (non-hydrogen) atoms. The maximum absolute atomic E-state index is 13.1. The van der Waals surface area contributed by atoms with Crippen molar-refractivity contribution in [3.05, 3.63) is 89.0 Å². The third-order valence-corrected chi connectivity index (χ3v) is 7.25. The molecule has 0 aliphatic carbocycles. The quantitative estimate of drug-likeness (QED) is 0.557. The SMILES string of the molecule is COc1cc(CC(=O)N2CCC3(CC2)COc2ccc(CN)cc23)ccc1OCc1ccccc1. The van der Waals surface area contributed by atoms with Crippen molar-refractivity contribution >= 4 is 5.91 Å². The van der Waals surface area contributed by atoms with Crippen molar-refractivity contribution in [1.29, 1.82) is 0 Å². The number of piperidine rings is 1. The van der Waals surface area contributed by atoms with Crippen LogP contribution in [0.4, 0.5) is 0 Å². The highest BCUT2D eigenvalue weighted by molar-refractivity contribution is 5.79. The molecule has 1 amide bonds. The zero-order valence-electron chi connectivity index (χ0n) is 20.2. The van der Waals surface area contributed by atoms with Gasteiger partial charge in [-0.3, -0.25) is 4.79 Å². The highest BCUT2D eigenvalue weighted by atomic mass is 16.5. The Bertz CT molecular complexity index is 1190. The number of hydrogen-bond donors (Lipinski definition) is 1. The van der Waals surface area contributed by atoms with E-state index in [0.717, 1.165) is 48.4 Å². The molecule has 5 rings (SSSR count). The van der Waals surface area contributed by atoms with Gasteiger partial charge in [0.15, 0.2) is 11.5 Å². The zero-order valence-corrected chi connectivity index (χ0v) is 20.2. The minimum atomic E-state index is -0.0156. The van der Waals surface area contributed by atoms with Crippen molar-refractivity contribution in [2.24, 2.45) is 5.73 Å². The first-order chi connectivity index (χ1) is 17.1. The molecular weight excluding hydrogens is 440 g/mol. The first kappa shape index (κ1) is 23.2. The fourth-order valence-corrected chi connectivity index (χ4v) is 5.10. The van der Waals surface area contributed by atoms with Crippen LogP contribution in [0.15, 0.2) is 66.7 Å². The van der Waals surface area contributed by atoms with Gasteiger partial charge in [0.1, 0.15) is 12.4 Å². The predicted octanol–water partition coefficient (Wildman–Crippen LogP) is 4.23. The number of carbonyl (C=O) groups is 1. The molecule has 2 aliphatic heterocycles. The van der Waals surface area contributed by atoms with Crippen molar-refractivity contribution < 1.29 is 19.0 Å². The van der Waals surface area contributed by atoms with Crippen LogP contribution >= 0.6 is 0 Å². The standard InChI is InChI=1S/C29H32N2O4/c1-33-27-16-22(7-10-26(27)34-19-21-5-3-2-4-6-21)17-28(32)31-13-11-29(12-14-31)20-35-25-9-8-23(18-30)15-24(25)29/h2-10,15-16H,11-14,17-20,30H2,1H3. The fraction of sp³-hybridized carbons (Fsp3) is 0.345. The number of likely N-dealkylation sites (tertiary alicyclic amines) is 1. The molecule has 0 atom stereocenters. The summed E-state index contributed by atoms with van der Waals surface area (Å²) in [6.07, 6.45) is 2.14. The highest BCUT2D eigenvalue weighted by Gasteiger charge is 2.43. The minimum absolute atomic E-state index is 0.0156. The molecule has 0 unspecified atom stereocenters. The van der Waals surface area contributed by atoms with Crippen LogP contribution in [0.2, 0.25) is 0 Å². The summed E-state index contributed by atoms with van der Waals surface area (Å²) < 4.78 is 17.5. The summed E-state index contributed by atoms with van der Waals surface area (Å²) >= 11 is 0. The number of fused-ring (bicyclic) bond motifs is 2. The minimum Gasteiger partial charge on any atom is -0.493 e. The van der Waals surface area contributed by atoms with E-state index in [4.69, 9.17) is 19.9 Å². The molecule has 2 N–H and O–H groups in total. The van der Waals surface area contributed by atoms with Crippen LogP contribution in [-0.2, 0) is 29.8 Å². The lowest BCUT2D eigenvalue weighted by atomic mass is 9.74. The van der Waals surface area contributed by atoms with Crippen molar-refractivity contribution in [2.45, 2.75) is 37.8 Å². The molecular formula is C29H32N2O4. The average Bonchev–Trinajstić information content (AvgIpc) is 3.25. The number of nitrogens with zero attached hydrogens (tertiary/aromatic N) is 1. The Hall–Kier alpha value is -3.51. The second-order valence-corrected chi connectivity index (χ2v) is 9.42. The molecule has 3 aromatic carbocycles. The van der Waals surface area contributed by atoms with Crippen LogP contribution in [0.25, 0.3) is 0 Å². The van der Waals surface area contributed by atoms with Gasteiger partial charge in [-0.05, 0) is 47.7 Å². The summed E-state index contributed by atoms with van der Waals surface area (Å²) in [6, 6.07) is 22.0. The Kier molecular flexibility index (Phi) is 6.64. The van der Waals surface area contributed by atoms with Crippen LogP contribution in [0, 0.1) is 0 Å². The van der Waals surface area contributed by atoms with Crippen molar-refractivity contribution in [1.82, 2.24) is 4.90 Å². The molecule has 0 saturated carbocycles. The zero-order chi connectivity index (χ0) is 24.3. The lowest BCUT2D eigenvalue weighted by Crippen LogP contribution is -2.46. The number of hydrogen-bond acceptors (Lipinski definition) is 5. The van der Waals surface area contributed by atoms with Gasteiger partial charge < -0.3 is 24.8 Å². The summed E-state index contributed by atoms with van der Waals surface area (Å²) in [5.41, 5.74) is 10.2. The van der Waals surface area contributed by atoms with E-state index in [1.54, 1.807) is 7.11 Å². The van der Waals surface area contributed by atoms with Crippen LogP contribution < -0.4 is 19.9 Å². The van der Waals surface area contributed by atoms with Crippen LogP contribution in [0.1, 0.15) is 35.1 Å². The summed E-state index contributed by atoms with van der Waals surface area (Å²) in [6.45, 7) is 3.12. The maximum atomic E-state index is 13.1. The molecule has 1 spiro atoms. The summed E-state index contributed by atoms with van der Waals surface area (Å²) in [5.74, 6) is 2.40. The molecule has 182 valence electrons. The van der Waals surface area contributed by atoms with E-state index in [9.17, 15) is 4.79 Å². The van der Waals surface area contributed by atoms with E-state index in [1.807, 2.05) is 65.6 Å². The van der Waals surface area contributed by atoms with Gasteiger partial charge in [0.05, 0.1) is 20.1 Å². The third kappa shape index (κ3) is 4.84. The van der Waals surface area contributed by atoms with Crippen LogP contribution in [-0.4, -0.2) is 37.6 Å². The number of nitrogens with two attached hydrogens (primary N) is 1. The van der Waals surface area contributed by atoms with Crippen LogP contribution in [0.5, 0.6) is 17.2 Å². The Morgan fingerprint density at radius 3 is 2.49 bits per heavy atom. The number of carbonyl (C=O) groups excluding carboxylic acids is 1. The monoisotopic (exact) mass is 472 g/mol. The van der Waals surface area contributed by atoms with E-state index in [-0.39, 0.29) is 11.3 Å². The van der Waals surface area contributed by atoms with Crippen molar-refractivity contribution in [2.75, 3.05) is 26.8 Å². The number of methoxy groups -OCH3 is 1. The van der Waals surface area contributed by atoms with Crippen molar-refractivity contribution in [3.8, 4) is 17.2 Å². The number of rotatable bonds is 7. The van der Waals surface area contributed by atoms with E-state index in [1.165, 1.54) is 5.56 Å². The number of benzene rings is 3. The molecule has 6 heteroatoms. The lowest BCUT2D eigenvalue weighted by Gasteiger charge is -2.38. The molecule has 1 fully saturated rings. The number of amides is 1. The normalized spacial score (nSPS) is 16.0. The molecule has 6 nitrogen and oxygen atoms in total. The topological polar surface area (TPSA) is 74.0 Å². The van der Waals surface area contributed by atoms with Gasteiger partial charge in [0, 0.05) is 30.6 Å². The van der Waals surface area contributed by atoms with Gasteiger partial charge >= 0.3 is 0 Å². The van der Waals surface area contributed by atoms with Gasteiger partial charge in [-0.15, -0.1) is 0 Å². The highest BCUT2D eigenvalue weighted by Crippen LogP contribution is 2.46. The third-order valence-electron chi connectivity index (χ3n) is 7.25. The maximum Gasteiger partial charge on any atom is 0.226 e. The molecule has 2 heterocycles. The molecule has 1 saturated heterocycles. The Balaban J connectivity index is 1.20. The smallest absolute Gasteiger partial charge is 0.226 e. The second-order valence-electron chi connectivity index (χ2n) is 9.42. The largest absolute Gasteiger partial charge is 0.493 e. The summed E-state index contributed by atoms with van der Waals surface area (Å²) in [7, 11) is 1.62. The Morgan fingerprint density at radius 2 is 1.74 bits per heavy atom. The van der Waals surface area contributed by atoms with Crippen LogP contribution in [0.3, 0.4) is 0 Å². The van der Waals surface area contributed by atoms with E-state index >= 15 is 0 Å². The molecule has 3 aromatic rings.